The number of rotatable bonds is 9. The molecular weight excluding hydrogens is 424 g/mol. The number of carboxylic acid groups (broad SMARTS) is 1. The molecule has 2 amide bonds. The standard InChI is InChI=1S/C25H30N2O6/c1-14(2)22(23(29)26-12-21(28)24(30)31)15(3)27-25(32)33-13-20-18-10-6-4-8-16(18)17-9-5-7-11-19(17)20/h4-11,14-15,20-22,28H,12-13H2,1-3H3,(H,26,29)(H,27,32)(H,30,31)/t15?,21-,22?/m0/s1. The summed E-state index contributed by atoms with van der Waals surface area (Å²) in [7, 11) is 0. The minimum atomic E-state index is -1.69. The predicted octanol–water partition coefficient (Wildman–Crippen LogP) is 2.75. The van der Waals surface area contributed by atoms with Crippen molar-refractivity contribution in [3.05, 3.63) is 59.7 Å². The summed E-state index contributed by atoms with van der Waals surface area (Å²) < 4.78 is 5.55. The van der Waals surface area contributed by atoms with E-state index in [0.29, 0.717) is 0 Å². The fourth-order valence-corrected chi connectivity index (χ4v) is 4.43. The molecule has 3 rings (SSSR count). The van der Waals surface area contributed by atoms with E-state index in [1.807, 2.05) is 50.2 Å². The second kappa shape index (κ2) is 10.5. The number of alkyl carbamates (subject to hydrolysis) is 1. The Morgan fingerprint density at radius 2 is 1.52 bits per heavy atom. The zero-order valence-electron chi connectivity index (χ0n) is 18.9. The van der Waals surface area contributed by atoms with Crippen LogP contribution in [0.4, 0.5) is 4.79 Å². The van der Waals surface area contributed by atoms with E-state index in [1.54, 1.807) is 6.92 Å². The number of hydrogen-bond acceptors (Lipinski definition) is 5. The molecule has 0 saturated carbocycles. The fourth-order valence-electron chi connectivity index (χ4n) is 4.43. The molecule has 2 unspecified atom stereocenters. The van der Waals surface area contributed by atoms with Crippen LogP contribution in [0.2, 0.25) is 0 Å². The number of aliphatic hydroxyl groups excluding tert-OH is 1. The van der Waals surface area contributed by atoms with Crippen LogP contribution in [0, 0.1) is 11.8 Å². The van der Waals surface area contributed by atoms with Crippen molar-refractivity contribution in [1.82, 2.24) is 10.6 Å². The number of carbonyl (C=O) groups is 3. The van der Waals surface area contributed by atoms with Crippen LogP contribution in [-0.2, 0) is 14.3 Å². The largest absolute Gasteiger partial charge is 0.479 e. The number of fused-ring (bicyclic) bond motifs is 3. The Morgan fingerprint density at radius 1 is 0.970 bits per heavy atom. The summed E-state index contributed by atoms with van der Waals surface area (Å²) in [5.74, 6) is -2.71. The Bertz CT molecular complexity index is 976. The van der Waals surface area contributed by atoms with Gasteiger partial charge in [0.05, 0.1) is 12.5 Å². The molecule has 3 atom stereocenters. The number of benzene rings is 2. The summed E-state index contributed by atoms with van der Waals surface area (Å²) >= 11 is 0. The normalized spacial score (nSPS) is 15.2. The summed E-state index contributed by atoms with van der Waals surface area (Å²) in [5, 5.41) is 23.3. The third kappa shape index (κ3) is 5.51. The van der Waals surface area contributed by atoms with Gasteiger partial charge in [-0.05, 0) is 35.1 Å². The van der Waals surface area contributed by atoms with E-state index in [2.05, 4.69) is 22.8 Å². The van der Waals surface area contributed by atoms with Crippen LogP contribution in [0.25, 0.3) is 11.1 Å². The van der Waals surface area contributed by atoms with Gasteiger partial charge in [0.2, 0.25) is 5.91 Å². The average molecular weight is 455 g/mol. The maximum atomic E-state index is 12.6. The van der Waals surface area contributed by atoms with E-state index >= 15 is 0 Å². The van der Waals surface area contributed by atoms with Crippen LogP contribution in [0.1, 0.15) is 37.8 Å². The molecule has 2 aromatic rings. The third-order valence-electron chi connectivity index (χ3n) is 6.00. The van der Waals surface area contributed by atoms with Gasteiger partial charge in [0.25, 0.3) is 0 Å². The highest BCUT2D eigenvalue weighted by Crippen LogP contribution is 2.44. The second-order valence-corrected chi connectivity index (χ2v) is 8.63. The molecule has 0 radical (unpaired) electrons. The summed E-state index contributed by atoms with van der Waals surface area (Å²) in [6.07, 6.45) is -2.32. The molecule has 8 nitrogen and oxygen atoms in total. The number of hydrogen-bond donors (Lipinski definition) is 4. The van der Waals surface area contributed by atoms with Crippen molar-refractivity contribution < 1.29 is 29.3 Å². The molecule has 1 aliphatic carbocycles. The topological polar surface area (TPSA) is 125 Å². The van der Waals surface area contributed by atoms with Crippen LogP contribution in [-0.4, -0.2) is 53.5 Å². The third-order valence-corrected chi connectivity index (χ3v) is 6.00. The average Bonchev–Trinajstić information content (AvgIpc) is 3.09. The molecule has 0 heterocycles. The van der Waals surface area contributed by atoms with E-state index < -0.39 is 42.6 Å². The van der Waals surface area contributed by atoms with Gasteiger partial charge in [-0.25, -0.2) is 9.59 Å². The van der Waals surface area contributed by atoms with Gasteiger partial charge in [-0.15, -0.1) is 0 Å². The first-order valence-electron chi connectivity index (χ1n) is 11.0. The monoisotopic (exact) mass is 454 g/mol. The number of ether oxygens (including phenoxy) is 1. The van der Waals surface area contributed by atoms with E-state index in [-0.39, 0.29) is 18.4 Å². The van der Waals surface area contributed by atoms with Gasteiger partial charge in [-0.3, -0.25) is 4.79 Å². The van der Waals surface area contributed by atoms with Crippen molar-refractivity contribution in [2.45, 2.75) is 38.8 Å². The highest BCUT2D eigenvalue weighted by molar-refractivity contribution is 5.82. The molecule has 0 bridgehead atoms. The minimum absolute atomic E-state index is 0.0693. The highest BCUT2D eigenvalue weighted by Gasteiger charge is 2.32. The summed E-state index contributed by atoms with van der Waals surface area (Å²) in [6.45, 7) is 5.10. The second-order valence-electron chi connectivity index (χ2n) is 8.63. The van der Waals surface area contributed by atoms with Crippen LogP contribution in [0.5, 0.6) is 0 Å². The molecule has 1 aliphatic rings. The number of aliphatic carboxylic acids is 1. The molecule has 2 aromatic carbocycles. The summed E-state index contributed by atoms with van der Waals surface area (Å²) in [5.41, 5.74) is 4.48. The molecule has 176 valence electrons. The van der Waals surface area contributed by atoms with Gasteiger partial charge in [-0.2, -0.15) is 0 Å². The van der Waals surface area contributed by atoms with Crippen molar-refractivity contribution in [1.29, 1.82) is 0 Å². The number of aliphatic hydroxyl groups is 1. The predicted molar refractivity (Wildman–Crippen MR) is 123 cm³/mol. The van der Waals surface area contributed by atoms with Gasteiger partial charge in [-0.1, -0.05) is 62.4 Å². The van der Waals surface area contributed by atoms with Crippen LogP contribution >= 0.6 is 0 Å². The Morgan fingerprint density at radius 3 is 2.03 bits per heavy atom. The summed E-state index contributed by atoms with van der Waals surface area (Å²) in [4.78, 5) is 35.9. The smallest absolute Gasteiger partial charge is 0.407 e. The maximum Gasteiger partial charge on any atom is 0.407 e. The lowest BCUT2D eigenvalue weighted by molar-refractivity contribution is -0.146. The van der Waals surface area contributed by atoms with Crippen molar-refractivity contribution in [2.24, 2.45) is 11.8 Å². The van der Waals surface area contributed by atoms with Gasteiger partial charge in [0.15, 0.2) is 6.10 Å². The van der Waals surface area contributed by atoms with Crippen molar-refractivity contribution >= 4 is 18.0 Å². The number of nitrogens with one attached hydrogen (secondary N) is 2. The zero-order chi connectivity index (χ0) is 24.1. The minimum Gasteiger partial charge on any atom is -0.479 e. The zero-order valence-corrected chi connectivity index (χ0v) is 18.9. The Labute approximate surface area is 193 Å². The van der Waals surface area contributed by atoms with Crippen LogP contribution < -0.4 is 10.6 Å². The van der Waals surface area contributed by atoms with Crippen molar-refractivity contribution in [3.8, 4) is 11.1 Å². The molecular formula is C25H30N2O6. The lowest BCUT2D eigenvalue weighted by Crippen LogP contribution is -2.49. The molecule has 0 spiro atoms. The van der Waals surface area contributed by atoms with E-state index in [1.165, 1.54) is 0 Å². The molecule has 4 N–H and O–H groups in total. The number of amides is 2. The first-order chi connectivity index (χ1) is 15.7. The van der Waals surface area contributed by atoms with Gasteiger partial charge in [0, 0.05) is 12.0 Å². The Kier molecular flexibility index (Phi) is 7.71. The van der Waals surface area contributed by atoms with E-state index in [9.17, 15) is 19.5 Å². The Hall–Kier alpha value is -3.39. The molecule has 0 aliphatic heterocycles. The quantitative estimate of drug-likeness (QED) is 0.462. The molecule has 8 heteroatoms. The lowest BCUT2D eigenvalue weighted by Gasteiger charge is -2.27. The van der Waals surface area contributed by atoms with E-state index in [4.69, 9.17) is 9.84 Å². The first-order valence-corrected chi connectivity index (χ1v) is 11.0. The molecule has 33 heavy (non-hydrogen) atoms. The van der Waals surface area contributed by atoms with E-state index in [0.717, 1.165) is 22.3 Å². The SMILES string of the molecule is CC(C)C(C(=O)NC[C@H](O)C(=O)O)C(C)NC(=O)OCC1c2ccccc2-c2ccccc21. The van der Waals surface area contributed by atoms with Gasteiger partial charge < -0.3 is 25.6 Å². The Balaban J connectivity index is 1.60. The highest BCUT2D eigenvalue weighted by atomic mass is 16.5. The van der Waals surface area contributed by atoms with Gasteiger partial charge in [0.1, 0.15) is 6.61 Å². The lowest BCUT2D eigenvalue weighted by atomic mass is 9.88. The molecule has 0 aromatic heterocycles. The maximum absolute atomic E-state index is 12.6. The fraction of sp³-hybridized carbons (Fsp3) is 0.400. The number of carbonyl (C=O) groups excluding carboxylic acids is 2. The van der Waals surface area contributed by atoms with Gasteiger partial charge >= 0.3 is 12.1 Å². The molecule has 0 saturated heterocycles. The number of carboxylic acids is 1. The van der Waals surface area contributed by atoms with Crippen LogP contribution in [0.3, 0.4) is 0 Å². The van der Waals surface area contributed by atoms with Crippen molar-refractivity contribution in [3.63, 3.8) is 0 Å². The molecule has 0 fully saturated rings. The van der Waals surface area contributed by atoms with Crippen LogP contribution in [0.15, 0.2) is 48.5 Å². The summed E-state index contributed by atoms with van der Waals surface area (Å²) in [6, 6.07) is 15.5. The first kappa shape index (κ1) is 24.3. The van der Waals surface area contributed by atoms with Crippen molar-refractivity contribution in [2.75, 3.05) is 13.2 Å².